The van der Waals surface area contributed by atoms with Gasteiger partial charge in [-0.1, -0.05) is 30.3 Å². The summed E-state index contributed by atoms with van der Waals surface area (Å²) < 4.78 is 0. The van der Waals surface area contributed by atoms with Gasteiger partial charge >= 0.3 is 0 Å². The Morgan fingerprint density at radius 1 is 0.964 bits per heavy atom. The number of fused-ring (bicyclic) bond motifs is 1. The van der Waals surface area contributed by atoms with Crippen LogP contribution in [0.1, 0.15) is 18.7 Å². The lowest BCUT2D eigenvalue weighted by Crippen LogP contribution is -2.54. The number of benzene rings is 1. The highest BCUT2D eigenvalue weighted by molar-refractivity contribution is 7.80. The zero-order chi connectivity index (χ0) is 19.3. The highest BCUT2D eigenvalue weighted by Crippen LogP contribution is 2.21. The molecular formula is C21H24N6S. The van der Waals surface area contributed by atoms with Gasteiger partial charge in [0, 0.05) is 44.0 Å². The van der Waals surface area contributed by atoms with Crippen LogP contribution >= 0.6 is 12.2 Å². The van der Waals surface area contributed by atoms with Crippen LogP contribution in [0.5, 0.6) is 0 Å². The largest absolute Gasteiger partial charge is 0.353 e. The number of anilines is 1. The molecule has 6 nitrogen and oxygen atoms in total. The second kappa shape index (κ2) is 8.50. The second-order valence-corrected chi connectivity index (χ2v) is 7.26. The van der Waals surface area contributed by atoms with Gasteiger partial charge in [0.15, 0.2) is 5.11 Å². The first-order chi connectivity index (χ1) is 13.7. The number of aromatic nitrogens is 2. The van der Waals surface area contributed by atoms with E-state index in [4.69, 9.17) is 12.2 Å². The van der Waals surface area contributed by atoms with Gasteiger partial charge < -0.3 is 9.80 Å². The maximum atomic E-state index is 5.59. The monoisotopic (exact) mass is 392 g/mol. The number of hydrogen-bond donors (Lipinski definition) is 2. The summed E-state index contributed by atoms with van der Waals surface area (Å²) in [6, 6.07) is 16.4. The van der Waals surface area contributed by atoms with Crippen LogP contribution in [0.3, 0.4) is 0 Å². The van der Waals surface area contributed by atoms with Gasteiger partial charge in [0.25, 0.3) is 0 Å². The summed E-state index contributed by atoms with van der Waals surface area (Å²) in [5.74, 6) is 1.02. The van der Waals surface area contributed by atoms with E-state index in [2.05, 4.69) is 49.7 Å². The first kappa shape index (κ1) is 18.6. The van der Waals surface area contributed by atoms with Gasteiger partial charge in [-0.3, -0.25) is 10.4 Å². The summed E-state index contributed by atoms with van der Waals surface area (Å²) in [7, 11) is 0. The Hall–Kier alpha value is -2.77. The van der Waals surface area contributed by atoms with Crippen LogP contribution in [0.15, 0.2) is 60.9 Å². The van der Waals surface area contributed by atoms with Crippen LogP contribution in [-0.2, 0) is 0 Å². The molecule has 1 atom stereocenters. The zero-order valence-electron chi connectivity index (χ0n) is 15.9. The Labute approximate surface area is 170 Å². The predicted octanol–water partition coefficient (Wildman–Crippen LogP) is 2.89. The third-order valence-electron chi connectivity index (χ3n) is 5.05. The van der Waals surface area contributed by atoms with Crippen molar-refractivity contribution in [1.29, 1.82) is 0 Å². The Morgan fingerprint density at radius 2 is 1.75 bits per heavy atom. The van der Waals surface area contributed by atoms with Crippen molar-refractivity contribution in [3.63, 3.8) is 0 Å². The molecule has 7 heteroatoms. The van der Waals surface area contributed by atoms with Gasteiger partial charge in [-0.05, 0) is 42.7 Å². The zero-order valence-corrected chi connectivity index (χ0v) is 16.7. The number of nitrogens with one attached hydrogen (secondary N) is 2. The van der Waals surface area contributed by atoms with E-state index in [0.29, 0.717) is 5.11 Å². The summed E-state index contributed by atoms with van der Waals surface area (Å²) in [6.07, 6.45) is 3.69. The molecule has 0 aliphatic carbocycles. The molecule has 4 rings (SSSR count). The molecule has 0 radical (unpaired) electrons. The first-order valence-electron chi connectivity index (χ1n) is 9.52. The summed E-state index contributed by atoms with van der Waals surface area (Å²) in [5, 5.41) is 3.06. The Balaban J connectivity index is 1.32. The smallest absolute Gasteiger partial charge is 0.183 e. The normalized spacial score (nSPS) is 15.5. The molecule has 0 bridgehead atoms. The van der Waals surface area contributed by atoms with Gasteiger partial charge in [0.1, 0.15) is 5.82 Å². The first-order valence-corrected chi connectivity index (χ1v) is 9.93. The maximum Gasteiger partial charge on any atom is 0.183 e. The highest BCUT2D eigenvalue weighted by Gasteiger charge is 2.20. The molecule has 3 aromatic rings. The van der Waals surface area contributed by atoms with Crippen LogP contribution in [0.2, 0.25) is 0 Å². The van der Waals surface area contributed by atoms with Crippen LogP contribution < -0.4 is 15.8 Å². The van der Waals surface area contributed by atoms with E-state index in [1.54, 1.807) is 0 Å². The van der Waals surface area contributed by atoms with E-state index in [-0.39, 0.29) is 6.04 Å². The lowest BCUT2D eigenvalue weighted by Gasteiger charge is -2.37. The lowest BCUT2D eigenvalue weighted by molar-refractivity contribution is 0.367. The van der Waals surface area contributed by atoms with Crippen molar-refractivity contribution < 1.29 is 0 Å². The van der Waals surface area contributed by atoms with E-state index in [1.165, 1.54) is 5.39 Å². The Bertz CT molecular complexity index is 935. The van der Waals surface area contributed by atoms with Crippen molar-refractivity contribution in [1.82, 2.24) is 25.7 Å². The van der Waals surface area contributed by atoms with Crippen molar-refractivity contribution in [3.05, 3.63) is 66.6 Å². The molecule has 3 heterocycles. The summed E-state index contributed by atoms with van der Waals surface area (Å²) >= 11 is 5.59. The van der Waals surface area contributed by atoms with E-state index in [1.807, 2.05) is 48.8 Å². The molecule has 1 aliphatic rings. The van der Waals surface area contributed by atoms with Gasteiger partial charge in [-0.2, -0.15) is 0 Å². The fourth-order valence-corrected chi connectivity index (χ4v) is 3.73. The summed E-state index contributed by atoms with van der Waals surface area (Å²) in [6.45, 7) is 5.62. The van der Waals surface area contributed by atoms with Gasteiger partial charge in [0.05, 0.1) is 11.7 Å². The number of pyridine rings is 2. The topological polar surface area (TPSA) is 56.3 Å². The van der Waals surface area contributed by atoms with E-state index in [0.717, 1.165) is 43.1 Å². The van der Waals surface area contributed by atoms with Crippen molar-refractivity contribution in [2.75, 3.05) is 31.1 Å². The predicted molar refractivity (Wildman–Crippen MR) is 117 cm³/mol. The molecule has 2 aromatic heterocycles. The van der Waals surface area contributed by atoms with Crippen LogP contribution in [0, 0.1) is 0 Å². The minimum atomic E-state index is 0.0267. The third kappa shape index (κ3) is 4.05. The molecule has 1 saturated heterocycles. The van der Waals surface area contributed by atoms with Crippen molar-refractivity contribution in [2.45, 2.75) is 13.0 Å². The summed E-state index contributed by atoms with van der Waals surface area (Å²) in [4.78, 5) is 13.5. The molecule has 0 saturated carbocycles. The lowest BCUT2D eigenvalue weighted by atomic mass is 10.1. The van der Waals surface area contributed by atoms with Gasteiger partial charge in [-0.25, -0.2) is 10.4 Å². The number of nitrogens with zero attached hydrogens (tertiary/aromatic N) is 4. The van der Waals surface area contributed by atoms with E-state index < -0.39 is 0 Å². The highest BCUT2D eigenvalue weighted by atomic mass is 32.1. The second-order valence-electron chi connectivity index (χ2n) is 6.88. The molecular weight excluding hydrogens is 368 g/mol. The molecule has 1 aliphatic heterocycles. The Morgan fingerprint density at radius 3 is 2.54 bits per heavy atom. The number of thiocarbonyl (C=S) groups is 1. The number of hydrogen-bond acceptors (Lipinski definition) is 5. The molecule has 0 unspecified atom stereocenters. The number of piperazine rings is 1. The molecule has 2 N–H and O–H groups in total. The average Bonchev–Trinajstić information content (AvgIpc) is 2.77. The quantitative estimate of drug-likeness (QED) is 0.523. The number of hydrazine groups is 1. The van der Waals surface area contributed by atoms with Crippen LogP contribution in [-0.4, -0.2) is 46.2 Å². The van der Waals surface area contributed by atoms with Gasteiger partial charge in [-0.15, -0.1) is 0 Å². The molecule has 0 amide bonds. The SMILES string of the molecule is C[C@H](NNC(=S)N1CCN(c2ccccn2)CC1)c1nccc2ccccc12. The minimum Gasteiger partial charge on any atom is -0.353 e. The Kier molecular flexibility index (Phi) is 5.64. The standard InChI is InChI=1S/C21H24N6S/c1-16(20-18-7-3-2-6-17(18)9-11-23-20)24-25-21(28)27-14-12-26(13-15-27)19-8-4-5-10-22-19/h2-11,16,24H,12-15H2,1H3,(H,25,28)/t16-/m0/s1. The molecule has 0 spiro atoms. The fraction of sp³-hybridized carbons (Fsp3) is 0.286. The van der Waals surface area contributed by atoms with Crippen LogP contribution in [0.4, 0.5) is 5.82 Å². The molecule has 1 aromatic carbocycles. The van der Waals surface area contributed by atoms with Crippen LogP contribution in [0.25, 0.3) is 10.8 Å². The van der Waals surface area contributed by atoms with Crippen molar-refractivity contribution >= 4 is 33.9 Å². The molecule has 1 fully saturated rings. The fourth-order valence-electron chi connectivity index (χ4n) is 3.48. The third-order valence-corrected chi connectivity index (χ3v) is 5.41. The minimum absolute atomic E-state index is 0.0267. The van der Waals surface area contributed by atoms with E-state index in [9.17, 15) is 0 Å². The molecule has 28 heavy (non-hydrogen) atoms. The number of rotatable bonds is 4. The maximum absolute atomic E-state index is 5.59. The van der Waals surface area contributed by atoms with Crippen molar-refractivity contribution in [2.24, 2.45) is 0 Å². The summed E-state index contributed by atoms with van der Waals surface area (Å²) in [5.41, 5.74) is 7.52. The van der Waals surface area contributed by atoms with Crippen molar-refractivity contribution in [3.8, 4) is 0 Å². The average molecular weight is 393 g/mol. The van der Waals surface area contributed by atoms with E-state index >= 15 is 0 Å². The molecule has 144 valence electrons. The van der Waals surface area contributed by atoms with Gasteiger partial charge in [0.2, 0.25) is 0 Å².